The molecule has 3 rings (SSSR count). The third-order valence-corrected chi connectivity index (χ3v) is 5.88. The third kappa shape index (κ3) is 3.01. The van der Waals surface area contributed by atoms with E-state index in [1.807, 2.05) is 6.07 Å². The molecular formula is C15H15NO3S2. The molecule has 0 saturated heterocycles. The predicted molar refractivity (Wildman–Crippen MR) is 83.8 cm³/mol. The van der Waals surface area contributed by atoms with Crippen LogP contribution < -0.4 is 5.32 Å². The van der Waals surface area contributed by atoms with E-state index in [-0.39, 0.29) is 10.8 Å². The first-order valence-corrected chi connectivity index (χ1v) is 9.37. The molecule has 110 valence electrons. The Balaban J connectivity index is 1.75. The molecule has 0 atom stereocenters. The van der Waals surface area contributed by atoms with Crippen LogP contribution in [0.3, 0.4) is 0 Å². The number of fused-ring (bicyclic) bond motifs is 1. The van der Waals surface area contributed by atoms with Crippen LogP contribution in [0, 0.1) is 0 Å². The van der Waals surface area contributed by atoms with Crippen LogP contribution in [0.25, 0.3) is 0 Å². The number of hydrogen-bond acceptors (Lipinski definition) is 4. The van der Waals surface area contributed by atoms with Gasteiger partial charge in [-0.1, -0.05) is 0 Å². The van der Waals surface area contributed by atoms with Crippen molar-refractivity contribution in [3.05, 3.63) is 45.6 Å². The monoisotopic (exact) mass is 321 g/mol. The van der Waals surface area contributed by atoms with E-state index in [0.717, 1.165) is 19.1 Å². The van der Waals surface area contributed by atoms with E-state index < -0.39 is 9.84 Å². The zero-order chi connectivity index (χ0) is 15.0. The molecule has 6 heteroatoms. The number of benzene rings is 1. The zero-order valence-corrected chi connectivity index (χ0v) is 13.2. The van der Waals surface area contributed by atoms with E-state index in [4.69, 9.17) is 0 Å². The van der Waals surface area contributed by atoms with Crippen LogP contribution >= 0.6 is 11.3 Å². The molecule has 0 radical (unpaired) electrons. The maximum absolute atomic E-state index is 12.2. The molecule has 0 unspecified atom stereocenters. The number of rotatable bonds is 3. The first-order chi connectivity index (χ1) is 9.93. The van der Waals surface area contributed by atoms with Crippen LogP contribution in [0.1, 0.15) is 26.5 Å². The molecular weight excluding hydrogens is 306 g/mol. The Morgan fingerprint density at radius 3 is 2.52 bits per heavy atom. The lowest BCUT2D eigenvalue weighted by atomic mass is 10.2. The number of nitrogens with one attached hydrogen (secondary N) is 1. The van der Waals surface area contributed by atoms with E-state index in [9.17, 15) is 13.2 Å². The highest BCUT2D eigenvalue weighted by atomic mass is 32.2. The van der Waals surface area contributed by atoms with Crippen molar-refractivity contribution in [2.24, 2.45) is 0 Å². The van der Waals surface area contributed by atoms with E-state index >= 15 is 0 Å². The second-order valence-corrected chi connectivity index (χ2v) is 8.32. The van der Waals surface area contributed by atoms with E-state index in [1.165, 1.54) is 29.0 Å². The summed E-state index contributed by atoms with van der Waals surface area (Å²) in [6.45, 7) is 0. The van der Waals surface area contributed by atoms with Crippen molar-refractivity contribution in [2.45, 2.75) is 24.2 Å². The summed E-state index contributed by atoms with van der Waals surface area (Å²) in [7, 11) is -3.21. The topological polar surface area (TPSA) is 63.2 Å². The normalized spacial score (nSPS) is 14.0. The van der Waals surface area contributed by atoms with Crippen molar-refractivity contribution in [1.82, 2.24) is 0 Å². The lowest BCUT2D eigenvalue weighted by Gasteiger charge is -2.04. The maximum atomic E-state index is 12.2. The minimum absolute atomic E-state index is 0.137. The molecule has 2 aromatic rings. The molecule has 21 heavy (non-hydrogen) atoms. The second kappa shape index (κ2) is 5.27. The maximum Gasteiger partial charge on any atom is 0.265 e. The van der Waals surface area contributed by atoms with Gasteiger partial charge in [-0.25, -0.2) is 8.42 Å². The molecule has 4 nitrogen and oxygen atoms in total. The average molecular weight is 321 g/mol. The van der Waals surface area contributed by atoms with Gasteiger partial charge in [-0.2, -0.15) is 0 Å². The number of sulfone groups is 1. The standard InChI is InChI=1S/C15H15NO3S2/c1-21(18,19)12-7-5-11(6-8-12)16-15(17)14-9-10-3-2-4-13(10)20-14/h5-9H,2-4H2,1H3,(H,16,17). The predicted octanol–water partition coefficient (Wildman–Crippen LogP) is 2.89. The summed E-state index contributed by atoms with van der Waals surface area (Å²) < 4.78 is 22.8. The Labute approximate surface area is 127 Å². The third-order valence-electron chi connectivity index (χ3n) is 3.51. The summed E-state index contributed by atoms with van der Waals surface area (Å²) in [5, 5.41) is 2.80. The highest BCUT2D eigenvalue weighted by molar-refractivity contribution is 7.90. The molecule has 0 fully saturated rings. The molecule has 1 aliphatic rings. The highest BCUT2D eigenvalue weighted by Crippen LogP contribution is 2.31. The minimum atomic E-state index is -3.21. The van der Waals surface area contributed by atoms with Gasteiger partial charge in [-0.3, -0.25) is 4.79 Å². The minimum Gasteiger partial charge on any atom is -0.321 e. The number of anilines is 1. The highest BCUT2D eigenvalue weighted by Gasteiger charge is 2.18. The second-order valence-electron chi connectivity index (χ2n) is 5.16. The Morgan fingerprint density at radius 2 is 1.90 bits per heavy atom. The van der Waals surface area contributed by atoms with Gasteiger partial charge >= 0.3 is 0 Å². The SMILES string of the molecule is CS(=O)(=O)c1ccc(NC(=O)c2cc3c(s2)CCC3)cc1. The van der Waals surface area contributed by atoms with Gasteiger partial charge in [-0.05, 0) is 55.2 Å². The number of amides is 1. The van der Waals surface area contributed by atoms with Gasteiger partial charge in [0, 0.05) is 16.8 Å². The van der Waals surface area contributed by atoms with Crippen LogP contribution in [0.2, 0.25) is 0 Å². The van der Waals surface area contributed by atoms with Gasteiger partial charge in [-0.15, -0.1) is 11.3 Å². The molecule has 1 aliphatic carbocycles. The largest absolute Gasteiger partial charge is 0.321 e. The van der Waals surface area contributed by atoms with Crippen LogP contribution in [0.15, 0.2) is 35.2 Å². The molecule has 0 spiro atoms. The van der Waals surface area contributed by atoms with Crippen LogP contribution in [-0.4, -0.2) is 20.6 Å². The number of hydrogen-bond donors (Lipinski definition) is 1. The molecule has 1 aromatic heterocycles. The van der Waals surface area contributed by atoms with Crippen LogP contribution in [0.4, 0.5) is 5.69 Å². The Bertz CT molecular complexity index is 767. The Hall–Kier alpha value is -1.66. The molecule has 0 bridgehead atoms. The average Bonchev–Trinajstić information content (AvgIpc) is 2.98. The Morgan fingerprint density at radius 1 is 1.19 bits per heavy atom. The van der Waals surface area contributed by atoms with Crippen molar-refractivity contribution in [2.75, 3.05) is 11.6 Å². The van der Waals surface area contributed by atoms with Crippen molar-refractivity contribution >= 4 is 32.8 Å². The fourth-order valence-corrected chi connectivity index (χ4v) is 4.20. The van der Waals surface area contributed by atoms with Crippen LogP contribution in [0.5, 0.6) is 0 Å². The smallest absolute Gasteiger partial charge is 0.265 e. The summed E-state index contributed by atoms with van der Waals surface area (Å²) in [5.41, 5.74) is 1.89. The fourth-order valence-electron chi connectivity index (χ4n) is 2.42. The molecule has 0 aliphatic heterocycles. The molecule has 0 saturated carbocycles. The van der Waals surface area contributed by atoms with Crippen molar-refractivity contribution in [3.8, 4) is 0 Å². The Kier molecular flexibility index (Phi) is 3.59. The molecule has 1 amide bonds. The van der Waals surface area contributed by atoms with E-state index in [0.29, 0.717) is 10.6 Å². The number of carbonyl (C=O) groups is 1. The van der Waals surface area contributed by atoms with Gasteiger partial charge in [0.25, 0.3) is 5.91 Å². The number of aryl methyl sites for hydroxylation is 2. The fraction of sp³-hybridized carbons (Fsp3) is 0.267. The summed E-state index contributed by atoms with van der Waals surface area (Å²) in [6.07, 6.45) is 4.46. The van der Waals surface area contributed by atoms with Crippen molar-refractivity contribution in [3.63, 3.8) is 0 Å². The summed E-state index contributed by atoms with van der Waals surface area (Å²) in [6, 6.07) is 8.18. The first kappa shape index (κ1) is 14.3. The van der Waals surface area contributed by atoms with Gasteiger partial charge in [0.1, 0.15) is 0 Å². The van der Waals surface area contributed by atoms with Gasteiger partial charge < -0.3 is 5.32 Å². The molecule has 1 heterocycles. The lowest BCUT2D eigenvalue weighted by Crippen LogP contribution is -2.10. The molecule has 1 N–H and O–H groups in total. The van der Waals surface area contributed by atoms with E-state index in [2.05, 4.69) is 5.32 Å². The van der Waals surface area contributed by atoms with Crippen LogP contribution in [-0.2, 0) is 22.7 Å². The number of thiophene rings is 1. The van der Waals surface area contributed by atoms with Gasteiger partial charge in [0.05, 0.1) is 9.77 Å². The number of carbonyl (C=O) groups excluding carboxylic acids is 1. The summed E-state index contributed by atoms with van der Waals surface area (Å²) in [5.74, 6) is -0.137. The van der Waals surface area contributed by atoms with Gasteiger partial charge in [0.2, 0.25) is 0 Å². The zero-order valence-electron chi connectivity index (χ0n) is 11.5. The van der Waals surface area contributed by atoms with Crippen molar-refractivity contribution in [1.29, 1.82) is 0 Å². The first-order valence-electron chi connectivity index (χ1n) is 6.66. The summed E-state index contributed by atoms with van der Waals surface area (Å²) >= 11 is 1.55. The molecule has 1 aromatic carbocycles. The lowest BCUT2D eigenvalue weighted by molar-refractivity contribution is 0.103. The van der Waals surface area contributed by atoms with Gasteiger partial charge in [0.15, 0.2) is 9.84 Å². The van der Waals surface area contributed by atoms with Crippen molar-refractivity contribution < 1.29 is 13.2 Å². The van der Waals surface area contributed by atoms with E-state index in [1.54, 1.807) is 23.5 Å². The quantitative estimate of drug-likeness (QED) is 0.945. The summed E-state index contributed by atoms with van der Waals surface area (Å²) in [4.78, 5) is 14.5.